The lowest BCUT2D eigenvalue weighted by Gasteiger charge is -2.46. The molecule has 0 radical (unpaired) electrons. The van der Waals surface area contributed by atoms with Gasteiger partial charge in [-0.3, -0.25) is 4.90 Å². The number of nitrogens with zero attached hydrogens (tertiary/aromatic N) is 1. The first-order valence-corrected chi connectivity index (χ1v) is 7.93. The summed E-state index contributed by atoms with van der Waals surface area (Å²) in [6.07, 6.45) is 1.21. The van der Waals surface area contributed by atoms with E-state index in [4.69, 9.17) is 0 Å². The molecule has 0 bridgehead atoms. The van der Waals surface area contributed by atoms with Crippen molar-refractivity contribution in [2.75, 3.05) is 13.1 Å². The van der Waals surface area contributed by atoms with Crippen molar-refractivity contribution in [3.8, 4) is 0 Å². The third-order valence-corrected chi connectivity index (χ3v) is 4.46. The molecule has 0 saturated carbocycles. The Morgan fingerprint density at radius 1 is 1.30 bits per heavy atom. The molecule has 2 heteroatoms. The van der Waals surface area contributed by atoms with Crippen LogP contribution in [0.5, 0.6) is 0 Å². The summed E-state index contributed by atoms with van der Waals surface area (Å²) in [6, 6.07) is 10.2. The molecule has 2 nitrogen and oxygen atoms in total. The van der Waals surface area contributed by atoms with Crippen LogP contribution in [0.2, 0.25) is 0 Å². The number of nitrogens with one attached hydrogen (secondary N) is 1. The van der Waals surface area contributed by atoms with Crippen molar-refractivity contribution >= 4 is 0 Å². The molecular formula is C18H30N2. The Morgan fingerprint density at radius 2 is 2.05 bits per heavy atom. The molecule has 1 aromatic rings. The molecule has 1 aliphatic rings. The Morgan fingerprint density at radius 3 is 2.65 bits per heavy atom. The van der Waals surface area contributed by atoms with E-state index in [0.717, 1.165) is 19.6 Å². The maximum atomic E-state index is 3.71. The van der Waals surface area contributed by atoms with Crippen molar-refractivity contribution in [3.63, 3.8) is 0 Å². The van der Waals surface area contributed by atoms with Gasteiger partial charge in [-0.1, -0.05) is 57.5 Å². The Bertz CT molecular complexity index is 433. The molecule has 1 N–H and O–H groups in total. The Kier molecular flexibility index (Phi) is 4.87. The second kappa shape index (κ2) is 6.28. The van der Waals surface area contributed by atoms with E-state index in [1.54, 1.807) is 0 Å². The molecule has 0 amide bonds. The SMILES string of the molecule is CCC1CN(Cc2cccc(C)c2)C(C(C)(C)C)CN1. The van der Waals surface area contributed by atoms with E-state index < -0.39 is 0 Å². The van der Waals surface area contributed by atoms with Gasteiger partial charge in [-0.15, -0.1) is 0 Å². The first kappa shape index (κ1) is 15.5. The molecule has 1 heterocycles. The van der Waals surface area contributed by atoms with E-state index in [0.29, 0.717) is 17.5 Å². The molecule has 0 aliphatic carbocycles. The zero-order valence-electron chi connectivity index (χ0n) is 13.7. The second-order valence-electron chi connectivity index (χ2n) is 7.31. The summed E-state index contributed by atoms with van der Waals surface area (Å²) in [5.41, 5.74) is 3.11. The highest BCUT2D eigenvalue weighted by molar-refractivity contribution is 5.22. The predicted octanol–water partition coefficient (Wildman–Crippen LogP) is 3.59. The molecule has 2 rings (SSSR count). The maximum Gasteiger partial charge on any atom is 0.0273 e. The minimum Gasteiger partial charge on any atom is -0.311 e. The summed E-state index contributed by atoms with van der Waals surface area (Å²) in [4.78, 5) is 2.68. The van der Waals surface area contributed by atoms with Crippen molar-refractivity contribution in [1.29, 1.82) is 0 Å². The van der Waals surface area contributed by atoms with E-state index >= 15 is 0 Å². The molecule has 20 heavy (non-hydrogen) atoms. The molecule has 0 aromatic heterocycles. The number of hydrogen-bond acceptors (Lipinski definition) is 2. The van der Waals surface area contributed by atoms with Gasteiger partial charge < -0.3 is 5.32 Å². The standard InChI is InChI=1S/C18H30N2/c1-6-16-13-20(17(11-19-16)18(3,4)5)12-15-9-7-8-14(2)10-15/h7-10,16-17,19H,6,11-13H2,1-5H3. The first-order valence-electron chi connectivity index (χ1n) is 7.93. The van der Waals surface area contributed by atoms with E-state index in [9.17, 15) is 0 Å². The normalized spacial score (nSPS) is 24.9. The lowest BCUT2D eigenvalue weighted by molar-refractivity contribution is 0.0485. The fourth-order valence-corrected chi connectivity index (χ4v) is 3.23. The van der Waals surface area contributed by atoms with Crippen LogP contribution in [0.15, 0.2) is 24.3 Å². The lowest BCUT2D eigenvalue weighted by Crippen LogP contribution is -2.59. The zero-order chi connectivity index (χ0) is 14.8. The molecule has 1 aliphatic heterocycles. The van der Waals surface area contributed by atoms with E-state index in [-0.39, 0.29) is 0 Å². The number of benzene rings is 1. The molecule has 1 saturated heterocycles. The second-order valence-corrected chi connectivity index (χ2v) is 7.31. The number of rotatable bonds is 3. The monoisotopic (exact) mass is 274 g/mol. The third-order valence-electron chi connectivity index (χ3n) is 4.46. The largest absolute Gasteiger partial charge is 0.311 e. The van der Waals surface area contributed by atoms with Gasteiger partial charge in [-0.2, -0.15) is 0 Å². The van der Waals surface area contributed by atoms with Crippen LogP contribution in [0.25, 0.3) is 0 Å². The average molecular weight is 274 g/mol. The molecule has 112 valence electrons. The molecule has 1 aromatic carbocycles. The van der Waals surface area contributed by atoms with Crippen molar-refractivity contribution < 1.29 is 0 Å². The van der Waals surface area contributed by atoms with Crippen molar-refractivity contribution in [2.45, 2.75) is 59.7 Å². The van der Waals surface area contributed by atoms with Gasteiger partial charge in [0.1, 0.15) is 0 Å². The fourth-order valence-electron chi connectivity index (χ4n) is 3.23. The quantitative estimate of drug-likeness (QED) is 0.906. The van der Waals surface area contributed by atoms with Crippen LogP contribution in [-0.4, -0.2) is 30.1 Å². The highest BCUT2D eigenvalue weighted by Gasteiger charge is 2.34. The van der Waals surface area contributed by atoms with Gasteiger partial charge in [0, 0.05) is 31.7 Å². The summed E-state index contributed by atoms with van der Waals surface area (Å²) in [6.45, 7) is 14.9. The minimum atomic E-state index is 0.315. The van der Waals surface area contributed by atoms with Crippen LogP contribution >= 0.6 is 0 Å². The fraction of sp³-hybridized carbons (Fsp3) is 0.667. The topological polar surface area (TPSA) is 15.3 Å². The Hall–Kier alpha value is -0.860. The average Bonchev–Trinajstić information content (AvgIpc) is 2.37. The minimum absolute atomic E-state index is 0.315. The van der Waals surface area contributed by atoms with Crippen LogP contribution in [0.4, 0.5) is 0 Å². The van der Waals surface area contributed by atoms with Gasteiger partial charge in [0.05, 0.1) is 0 Å². The summed E-state index contributed by atoms with van der Waals surface area (Å²) in [5.74, 6) is 0. The molecule has 0 spiro atoms. The molecule has 2 unspecified atom stereocenters. The summed E-state index contributed by atoms with van der Waals surface area (Å²) < 4.78 is 0. The zero-order valence-corrected chi connectivity index (χ0v) is 13.7. The maximum absolute atomic E-state index is 3.71. The van der Waals surface area contributed by atoms with Crippen LogP contribution in [0, 0.1) is 12.3 Å². The van der Waals surface area contributed by atoms with Crippen molar-refractivity contribution in [2.24, 2.45) is 5.41 Å². The van der Waals surface area contributed by atoms with E-state index in [1.165, 1.54) is 17.5 Å². The van der Waals surface area contributed by atoms with Gasteiger partial charge in [0.15, 0.2) is 0 Å². The van der Waals surface area contributed by atoms with Crippen LogP contribution in [-0.2, 0) is 6.54 Å². The Labute approximate surface area is 124 Å². The van der Waals surface area contributed by atoms with Gasteiger partial charge in [-0.25, -0.2) is 0 Å². The molecular weight excluding hydrogens is 244 g/mol. The summed E-state index contributed by atoms with van der Waals surface area (Å²) in [7, 11) is 0. The number of aryl methyl sites for hydroxylation is 1. The van der Waals surface area contributed by atoms with Gasteiger partial charge in [0.2, 0.25) is 0 Å². The van der Waals surface area contributed by atoms with Crippen molar-refractivity contribution in [1.82, 2.24) is 10.2 Å². The highest BCUT2D eigenvalue weighted by atomic mass is 15.2. The van der Waals surface area contributed by atoms with Crippen LogP contribution < -0.4 is 5.32 Å². The number of piperazine rings is 1. The van der Waals surface area contributed by atoms with Gasteiger partial charge >= 0.3 is 0 Å². The van der Waals surface area contributed by atoms with Crippen LogP contribution in [0.3, 0.4) is 0 Å². The summed E-state index contributed by atoms with van der Waals surface area (Å²) >= 11 is 0. The van der Waals surface area contributed by atoms with Gasteiger partial charge in [0.25, 0.3) is 0 Å². The summed E-state index contributed by atoms with van der Waals surface area (Å²) in [5, 5.41) is 3.71. The van der Waals surface area contributed by atoms with Crippen molar-refractivity contribution in [3.05, 3.63) is 35.4 Å². The van der Waals surface area contributed by atoms with Crippen LogP contribution in [0.1, 0.15) is 45.2 Å². The van der Waals surface area contributed by atoms with Gasteiger partial charge in [-0.05, 0) is 24.3 Å². The predicted molar refractivity (Wildman–Crippen MR) is 86.9 cm³/mol. The Balaban J connectivity index is 2.14. The van der Waals surface area contributed by atoms with E-state index in [2.05, 4.69) is 69.1 Å². The smallest absolute Gasteiger partial charge is 0.0273 e. The number of hydrogen-bond donors (Lipinski definition) is 1. The highest BCUT2D eigenvalue weighted by Crippen LogP contribution is 2.28. The van der Waals surface area contributed by atoms with E-state index in [1.807, 2.05) is 0 Å². The molecule has 2 atom stereocenters. The lowest BCUT2D eigenvalue weighted by atomic mass is 9.83. The first-order chi connectivity index (χ1) is 9.40. The third kappa shape index (κ3) is 3.83. The molecule has 1 fully saturated rings.